The second-order valence-electron chi connectivity index (χ2n) is 25.3. The molecule has 96 heavy (non-hydrogen) atoms. The van der Waals surface area contributed by atoms with E-state index in [0.29, 0.717) is 0 Å². The van der Waals surface area contributed by atoms with E-state index in [0.717, 1.165) is 226 Å². The van der Waals surface area contributed by atoms with Gasteiger partial charge >= 0.3 is 35.8 Å². The summed E-state index contributed by atoms with van der Waals surface area (Å²) in [6.45, 7) is 12.9. The van der Waals surface area contributed by atoms with Crippen LogP contribution in [0.25, 0.3) is 0 Å². The molecule has 0 aliphatic heterocycles. The van der Waals surface area contributed by atoms with Gasteiger partial charge in [-0.3, -0.25) is 0 Å². The van der Waals surface area contributed by atoms with E-state index in [9.17, 15) is 0 Å². The molecule has 7 aromatic carbocycles. The lowest BCUT2D eigenvalue weighted by Gasteiger charge is -2.22. The highest BCUT2D eigenvalue weighted by molar-refractivity contribution is 6.25. The first-order valence-corrected chi connectivity index (χ1v) is 36.0. The third-order valence-corrected chi connectivity index (χ3v) is 17.4. The quantitative estimate of drug-likeness (QED) is 0.0203. The third-order valence-electron chi connectivity index (χ3n) is 17.4. The molecule has 0 atom stereocenters. The highest BCUT2D eigenvalue weighted by Gasteiger charge is 2.44. The summed E-state index contributed by atoms with van der Waals surface area (Å²) in [5, 5.41) is 0. The van der Waals surface area contributed by atoms with Crippen molar-refractivity contribution in [3.8, 4) is 34.5 Å². The molecule has 0 amide bonds. The molecule has 0 spiro atoms. The highest BCUT2D eigenvalue weighted by Crippen LogP contribution is 2.37. The van der Waals surface area contributed by atoms with Crippen LogP contribution in [0.2, 0.25) is 0 Å². The van der Waals surface area contributed by atoms with E-state index in [1.807, 2.05) is 72.8 Å². The fourth-order valence-electron chi connectivity index (χ4n) is 11.8. The van der Waals surface area contributed by atoms with Crippen molar-refractivity contribution in [1.82, 2.24) is 0 Å². The standard InChI is InChI=1S/C84H102O12/c1-7-13-19-25-31-61-37-49-67(50-38-61)91-79(85)73-74(80(86)92-68-51-39-62(40-52-68)32-26-20-14-8-2)76(82(88)94-70-55-43-64(44-56-70)34-28-22-16-10-4)78(84(90)96-72-59-47-66(48-60-72)36-30-24-18-12-6)77(83(89)95-71-57-45-65(46-58-71)35-29-23-17-11-5)75(73)81(87)93-69-53-41-63(42-54-69)33-27-21-15-9-3/h37-60H,7-36H2,1-6H3. The van der Waals surface area contributed by atoms with Crippen molar-refractivity contribution in [2.24, 2.45) is 0 Å². The molecule has 0 unspecified atom stereocenters. The summed E-state index contributed by atoms with van der Waals surface area (Å²) in [6, 6.07) is 40.8. The Kier molecular flexibility index (Phi) is 32.2. The minimum absolute atomic E-state index is 0.00453. The van der Waals surface area contributed by atoms with Crippen LogP contribution in [-0.2, 0) is 38.5 Å². The monoisotopic (exact) mass is 1300 g/mol. The zero-order chi connectivity index (χ0) is 68.3. The van der Waals surface area contributed by atoms with Crippen molar-refractivity contribution in [3.05, 3.63) is 212 Å². The van der Waals surface area contributed by atoms with Crippen LogP contribution in [0.3, 0.4) is 0 Å². The Labute approximate surface area is 571 Å². The van der Waals surface area contributed by atoms with Crippen molar-refractivity contribution in [3.63, 3.8) is 0 Å². The molecular formula is C84H102O12. The Morgan fingerprint density at radius 3 is 0.427 bits per heavy atom. The van der Waals surface area contributed by atoms with Crippen LogP contribution in [0.1, 0.15) is 291 Å². The van der Waals surface area contributed by atoms with Crippen LogP contribution in [-0.4, -0.2) is 35.8 Å². The second kappa shape index (κ2) is 41.3. The van der Waals surface area contributed by atoms with E-state index in [-0.39, 0.29) is 34.5 Å². The van der Waals surface area contributed by atoms with Gasteiger partial charge in [-0.15, -0.1) is 0 Å². The zero-order valence-corrected chi connectivity index (χ0v) is 58.0. The number of carbonyl (C=O) groups excluding carboxylic acids is 6. The first-order valence-electron chi connectivity index (χ1n) is 36.0. The van der Waals surface area contributed by atoms with Crippen molar-refractivity contribution >= 4 is 35.8 Å². The zero-order valence-electron chi connectivity index (χ0n) is 58.0. The van der Waals surface area contributed by atoms with Crippen LogP contribution in [0, 0.1) is 0 Å². The molecule has 0 aliphatic rings. The van der Waals surface area contributed by atoms with Crippen molar-refractivity contribution in [1.29, 1.82) is 0 Å². The number of rotatable bonds is 42. The van der Waals surface area contributed by atoms with Gasteiger partial charge in [0.25, 0.3) is 0 Å². The minimum atomic E-state index is -1.38. The summed E-state index contributed by atoms with van der Waals surface area (Å²) in [5.41, 5.74) is 0.214. The summed E-state index contributed by atoms with van der Waals surface area (Å²) in [7, 11) is 0. The second-order valence-corrected chi connectivity index (χ2v) is 25.3. The number of unbranched alkanes of at least 4 members (excludes halogenated alkanes) is 18. The van der Waals surface area contributed by atoms with Gasteiger partial charge in [-0.2, -0.15) is 0 Å². The van der Waals surface area contributed by atoms with Gasteiger partial charge < -0.3 is 28.4 Å². The van der Waals surface area contributed by atoms with E-state index in [1.54, 1.807) is 72.8 Å². The van der Waals surface area contributed by atoms with Gasteiger partial charge in [0, 0.05) is 0 Å². The molecule has 510 valence electrons. The van der Waals surface area contributed by atoms with E-state index < -0.39 is 69.2 Å². The molecule has 0 aromatic heterocycles. The molecular weight excluding hydrogens is 1200 g/mol. The first-order chi connectivity index (χ1) is 46.9. The van der Waals surface area contributed by atoms with E-state index in [4.69, 9.17) is 28.4 Å². The summed E-state index contributed by atoms with van der Waals surface area (Å²) in [6.07, 6.45) is 29.4. The van der Waals surface area contributed by atoms with Gasteiger partial charge in [-0.25, -0.2) is 28.8 Å². The number of aryl methyl sites for hydroxylation is 6. The normalized spacial score (nSPS) is 11.1. The average molecular weight is 1300 g/mol. The van der Waals surface area contributed by atoms with Crippen LogP contribution in [0.15, 0.2) is 146 Å². The largest absolute Gasteiger partial charge is 0.423 e. The number of ether oxygens (including phenoxy) is 6. The molecule has 7 aromatic rings. The average Bonchev–Trinajstić information content (AvgIpc) is 0.727. The van der Waals surface area contributed by atoms with Gasteiger partial charge in [0.1, 0.15) is 34.5 Å². The maximum atomic E-state index is 15.9. The molecule has 0 aliphatic carbocycles. The summed E-state index contributed by atoms with van der Waals surface area (Å²) in [4.78, 5) is 95.6. The van der Waals surface area contributed by atoms with Crippen LogP contribution < -0.4 is 28.4 Å². The molecule has 0 heterocycles. The van der Waals surface area contributed by atoms with Gasteiger partial charge in [0.05, 0.1) is 33.4 Å². The van der Waals surface area contributed by atoms with Crippen LogP contribution in [0.5, 0.6) is 34.5 Å². The summed E-state index contributed by atoms with van der Waals surface area (Å²) < 4.78 is 37.3. The molecule has 12 nitrogen and oxygen atoms in total. The predicted octanol–water partition coefficient (Wildman–Crippen LogP) is 21.7. The van der Waals surface area contributed by atoms with Crippen molar-refractivity contribution in [2.75, 3.05) is 0 Å². The molecule has 0 saturated carbocycles. The van der Waals surface area contributed by atoms with Gasteiger partial charge in [-0.05, 0) is 183 Å². The Bertz CT molecular complexity index is 2900. The Morgan fingerprint density at radius 1 is 0.188 bits per heavy atom. The third kappa shape index (κ3) is 23.9. The van der Waals surface area contributed by atoms with E-state index in [2.05, 4.69) is 41.5 Å². The number of hydrogen-bond donors (Lipinski definition) is 0. The van der Waals surface area contributed by atoms with Gasteiger partial charge in [0.15, 0.2) is 0 Å². The van der Waals surface area contributed by atoms with Gasteiger partial charge in [-0.1, -0.05) is 230 Å². The van der Waals surface area contributed by atoms with E-state index >= 15 is 28.8 Å². The molecule has 7 rings (SSSR count). The van der Waals surface area contributed by atoms with Gasteiger partial charge in [0.2, 0.25) is 0 Å². The Hall–Kier alpha value is -8.64. The van der Waals surface area contributed by atoms with Crippen LogP contribution >= 0.6 is 0 Å². The maximum Gasteiger partial charge on any atom is 0.345 e. The van der Waals surface area contributed by atoms with E-state index in [1.165, 1.54) is 0 Å². The Balaban J connectivity index is 1.52. The number of benzene rings is 7. The summed E-state index contributed by atoms with van der Waals surface area (Å²) >= 11 is 0. The predicted molar refractivity (Wildman–Crippen MR) is 382 cm³/mol. The summed E-state index contributed by atoms with van der Waals surface area (Å²) in [5.74, 6) is -8.32. The number of hydrogen-bond acceptors (Lipinski definition) is 12. The first kappa shape index (κ1) is 74.8. The molecule has 0 bridgehead atoms. The maximum absolute atomic E-state index is 15.9. The SMILES string of the molecule is CCCCCCc1ccc(OC(=O)c2c(C(=O)Oc3ccc(CCCCCC)cc3)c(C(=O)Oc3ccc(CCCCCC)cc3)c(C(=O)Oc3ccc(CCCCCC)cc3)c(C(=O)Oc3ccc(CCCCCC)cc3)c2C(=O)Oc2ccc(CCCCCC)cc2)cc1. The van der Waals surface area contributed by atoms with Crippen LogP contribution in [0.4, 0.5) is 0 Å². The highest BCUT2D eigenvalue weighted by atomic mass is 16.6. The lowest BCUT2D eigenvalue weighted by atomic mass is 9.85. The topological polar surface area (TPSA) is 158 Å². The lowest BCUT2D eigenvalue weighted by Crippen LogP contribution is -2.34. The smallest absolute Gasteiger partial charge is 0.345 e. The fourth-order valence-corrected chi connectivity index (χ4v) is 11.8. The molecule has 0 N–H and O–H groups in total. The van der Waals surface area contributed by atoms with Crippen molar-refractivity contribution in [2.45, 2.75) is 234 Å². The molecule has 12 heteroatoms. The molecule has 0 fully saturated rings. The minimum Gasteiger partial charge on any atom is -0.423 e. The van der Waals surface area contributed by atoms with Crippen molar-refractivity contribution < 1.29 is 57.2 Å². The Morgan fingerprint density at radius 2 is 0.312 bits per heavy atom. The number of esters is 6. The fraction of sp³-hybridized carbons (Fsp3) is 0.429. The lowest BCUT2D eigenvalue weighted by molar-refractivity contribution is 0.0635. The molecule has 0 radical (unpaired) electrons. The number of carbonyl (C=O) groups is 6. The molecule has 0 saturated heterocycles.